The lowest BCUT2D eigenvalue weighted by Crippen LogP contribution is -2.44. The van der Waals surface area contributed by atoms with Crippen molar-refractivity contribution >= 4 is 11.8 Å². The number of benzene rings is 1. The number of rotatable bonds is 5. The summed E-state index contributed by atoms with van der Waals surface area (Å²) in [6.45, 7) is 2.59. The van der Waals surface area contributed by atoms with Gasteiger partial charge in [-0.05, 0) is 26.0 Å². The molecule has 3 atom stereocenters. The van der Waals surface area contributed by atoms with E-state index in [0.29, 0.717) is 5.75 Å². The maximum absolute atomic E-state index is 12.2. The Balaban J connectivity index is 2.16. The molecule has 3 unspecified atom stereocenters. The Hall–Kier alpha value is -1.72. The lowest BCUT2D eigenvalue weighted by molar-refractivity contribution is -0.152. The van der Waals surface area contributed by atoms with E-state index in [-0.39, 0.29) is 12.4 Å². The molecule has 0 saturated carbocycles. The topological polar surface area (TPSA) is 76.1 Å². The molecule has 0 amide bonds. The third kappa shape index (κ3) is 2.52. The molecular formula is C14H16O5. The lowest BCUT2D eigenvalue weighted by atomic mass is 9.81. The summed E-state index contributed by atoms with van der Waals surface area (Å²) in [6.07, 6.45) is -1.09. The van der Waals surface area contributed by atoms with Crippen LogP contribution < -0.4 is 4.74 Å². The number of Topliss-reactive ketones (excluding diaryl/α,β-unsaturated/α-hetero) is 1. The van der Waals surface area contributed by atoms with E-state index in [4.69, 9.17) is 14.6 Å². The fraction of sp³-hybridized carbons (Fsp3) is 0.429. The first-order valence-electron chi connectivity index (χ1n) is 6.05. The maximum Gasteiger partial charge on any atom is 0.327 e. The molecule has 1 aliphatic heterocycles. The summed E-state index contributed by atoms with van der Waals surface area (Å²) in [5, 5.41) is 9.00. The van der Waals surface area contributed by atoms with Gasteiger partial charge in [-0.3, -0.25) is 9.59 Å². The molecule has 0 spiro atoms. The van der Waals surface area contributed by atoms with Crippen LogP contribution in [0.2, 0.25) is 0 Å². The zero-order valence-electron chi connectivity index (χ0n) is 10.8. The van der Waals surface area contributed by atoms with E-state index in [1.54, 1.807) is 30.3 Å². The number of para-hydroxylation sites is 1. The van der Waals surface area contributed by atoms with Crippen molar-refractivity contribution in [2.75, 3.05) is 6.61 Å². The van der Waals surface area contributed by atoms with E-state index < -0.39 is 23.6 Å². The van der Waals surface area contributed by atoms with Crippen molar-refractivity contribution in [2.24, 2.45) is 5.41 Å². The Bertz CT molecular complexity index is 484. The minimum absolute atomic E-state index is 0.216. The molecule has 0 aliphatic carbocycles. The van der Waals surface area contributed by atoms with Crippen molar-refractivity contribution in [3.05, 3.63) is 30.3 Å². The average Bonchev–Trinajstić information content (AvgIpc) is 3.18. The number of aliphatic hydroxyl groups excluding tert-OH is 1. The van der Waals surface area contributed by atoms with Crippen LogP contribution in [0.5, 0.6) is 5.75 Å². The highest BCUT2D eigenvalue weighted by atomic mass is 16.6. The zero-order valence-corrected chi connectivity index (χ0v) is 10.8. The van der Waals surface area contributed by atoms with Crippen molar-refractivity contribution < 1.29 is 24.2 Å². The maximum atomic E-state index is 12.2. The summed E-state index contributed by atoms with van der Waals surface area (Å²) >= 11 is 0. The Morgan fingerprint density at radius 2 is 2.00 bits per heavy atom. The molecule has 19 heavy (non-hydrogen) atoms. The van der Waals surface area contributed by atoms with Gasteiger partial charge in [-0.25, -0.2) is 0 Å². The van der Waals surface area contributed by atoms with E-state index in [1.807, 2.05) is 0 Å². The minimum atomic E-state index is -1.39. The molecule has 0 aromatic heterocycles. The predicted octanol–water partition coefficient (Wildman–Crippen LogP) is 0.947. The predicted molar refractivity (Wildman–Crippen MR) is 66.6 cm³/mol. The summed E-state index contributed by atoms with van der Waals surface area (Å²) in [4.78, 5) is 24.0. The number of carbonyl (C=O) groups is 2. The summed E-state index contributed by atoms with van der Waals surface area (Å²) in [7, 11) is 0. The van der Waals surface area contributed by atoms with Crippen LogP contribution in [0.25, 0.3) is 0 Å². The number of carbonyl (C=O) groups excluding carboxylic acids is 2. The molecule has 1 aliphatic rings. The van der Waals surface area contributed by atoms with Crippen LogP contribution in [0.15, 0.2) is 30.3 Å². The van der Waals surface area contributed by atoms with Crippen LogP contribution in [-0.2, 0) is 14.3 Å². The third-order valence-electron chi connectivity index (χ3n) is 3.44. The molecule has 0 bridgehead atoms. The lowest BCUT2D eigenvalue weighted by Gasteiger charge is -2.22. The fourth-order valence-corrected chi connectivity index (χ4v) is 1.95. The van der Waals surface area contributed by atoms with E-state index >= 15 is 0 Å². The van der Waals surface area contributed by atoms with Gasteiger partial charge in [0.1, 0.15) is 23.7 Å². The Morgan fingerprint density at radius 1 is 1.37 bits per heavy atom. The number of aliphatic hydroxyl groups is 1. The second-order valence-corrected chi connectivity index (χ2v) is 4.74. The summed E-state index contributed by atoms with van der Waals surface area (Å²) in [6, 6.07) is 8.54. The van der Waals surface area contributed by atoms with Crippen molar-refractivity contribution in [1.29, 1.82) is 0 Å². The van der Waals surface area contributed by atoms with E-state index in [9.17, 15) is 9.59 Å². The Morgan fingerprint density at radius 3 is 2.47 bits per heavy atom. The second-order valence-electron chi connectivity index (χ2n) is 4.74. The minimum Gasteiger partial charge on any atom is -0.426 e. The van der Waals surface area contributed by atoms with Gasteiger partial charge in [-0.2, -0.15) is 0 Å². The summed E-state index contributed by atoms with van der Waals surface area (Å²) < 4.78 is 10.4. The van der Waals surface area contributed by atoms with Crippen LogP contribution in [0.4, 0.5) is 0 Å². The normalized spacial score (nSPS) is 24.4. The summed E-state index contributed by atoms with van der Waals surface area (Å²) in [5.41, 5.74) is -1.39. The Kier molecular flexibility index (Phi) is 3.68. The highest BCUT2D eigenvalue weighted by Gasteiger charge is 2.60. The van der Waals surface area contributed by atoms with E-state index in [1.165, 1.54) is 13.8 Å². The van der Waals surface area contributed by atoms with Gasteiger partial charge in [0, 0.05) is 0 Å². The van der Waals surface area contributed by atoms with Gasteiger partial charge in [0.25, 0.3) is 0 Å². The number of esters is 1. The van der Waals surface area contributed by atoms with Gasteiger partial charge in [0.05, 0.1) is 6.61 Å². The first-order valence-corrected chi connectivity index (χ1v) is 6.05. The molecule has 0 radical (unpaired) electrons. The van der Waals surface area contributed by atoms with Crippen LogP contribution in [-0.4, -0.2) is 35.7 Å². The molecule has 102 valence electrons. The van der Waals surface area contributed by atoms with Crippen LogP contribution in [0, 0.1) is 5.41 Å². The number of hydrogen-bond acceptors (Lipinski definition) is 5. The second kappa shape index (κ2) is 5.11. The number of hydrogen-bond donors (Lipinski definition) is 1. The fourth-order valence-electron chi connectivity index (χ4n) is 1.95. The van der Waals surface area contributed by atoms with Crippen LogP contribution in [0.3, 0.4) is 0 Å². The van der Waals surface area contributed by atoms with Crippen molar-refractivity contribution in [2.45, 2.75) is 26.1 Å². The number of ether oxygens (including phenoxy) is 2. The average molecular weight is 264 g/mol. The highest BCUT2D eigenvalue weighted by molar-refractivity contribution is 6.04. The molecule has 1 N–H and O–H groups in total. The smallest absolute Gasteiger partial charge is 0.327 e. The van der Waals surface area contributed by atoms with Crippen molar-refractivity contribution in [3.8, 4) is 5.75 Å². The van der Waals surface area contributed by atoms with Gasteiger partial charge >= 0.3 is 5.97 Å². The van der Waals surface area contributed by atoms with Crippen LogP contribution >= 0.6 is 0 Å². The Labute approximate surface area is 111 Å². The quantitative estimate of drug-likeness (QED) is 0.371. The molecule has 5 nitrogen and oxygen atoms in total. The zero-order chi connectivity index (χ0) is 14.0. The third-order valence-corrected chi connectivity index (χ3v) is 3.44. The van der Waals surface area contributed by atoms with E-state index in [0.717, 1.165) is 0 Å². The van der Waals surface area contributed by atoms with Gasteiger partial charge in [0.2, 0.25) is 0 Å². The molecule has 1 aromatic rings. The van der Waals surface area contributed by atoms with Gasteiger partial charge < -0.3 is 14.6 Å². The first-order chi connectivity index (χ1) is 9.00. The van der Waals surface area contributed by atoms with E-state index in [2.05, 4.69) is 0 Å². The molecular weight excluding hydrogens is 248 g/mol. The van der Waals surface area contributed by atoms with Crippen molar-refractivity contribution in [3.63, 3.8) is 0 Å². The number of ketones is 1. The molecule has 1 fully saturated rings. The molecule has 5 heteroatoms. The van der Waals surface area contributed by atoms with Gasteiger partial charge in [0.15, 0.2) is 5.41 Å². The standard InChI is InChI=1S/C14H16O5/c1-9(16)14(2,12-11(8-15)19-12)13(17)18-10-6-4-3-5-7-10/h3-7,11-12,15H,8H2,1-2H3. The number of epoxide rings is 1. The SMILES string of the molecule is CC(=O)C(C)(C(=O)Oc1ccccc1)C1OC1CO. The largest absolute Gasteiger partial charge is 0.426 e. The highest BCUT2D eigenvalue weighted by Crippen LogP contribution is 2.40. The monoisotopic (exact) mass is 264 g/mol. The van der Waals surface area contributed by atoms with Gasteiger partial charge in [-0.1, -0.05) is 18.2 Å². The molecule has 1 aromatic carbocycles. The molecule has 1 heterocycles. The molecule has 2 rings (SSSR count). The van der Waals surface area contributed by atoms with Gasteiger partial charge in [-0.15, -0.1) is 0 Å². The van der Waals surface area contributed by atoms with Crippen LogP contribution in [0.1, 0.15) is 13.8 Å². The molecule has 1 saturated heterocycles. The summed E-state index contributed by atoms with van der Waals surface area (Å²) in [5.74, 6) is -0.622. The van der Waals surface area contributed by atoms with Crippen molar-refractivity contribution in [1.82, 2.24) is 0 Å². The first kappa shape index (κ1) is 13.7.